The van der Waals surface area contributed by atoms with Gasteiger partial charge in [0.25, 0.3) is 5.91 Å². The molecule has 2 aromatic carbocycles. The average molecular weight is 388 g/mol. The van der Waals surface area contributed by atoms with Crippen LogP contribution in [0.25, 0.3) is 22.2 Å². The highest BCUT2D eigenvalue weighted by atomic mass is 16.3. The third-order valence-corrected chi connectivity index (χ3v) is 5.65. The molecule has 0 spiro atoms. The van der Waals surface area contributed by atoms with Crippen LogP contribution in [0, 0.1) is 5.92 Å². The molecule has 0 unspecified atom stereocenters. The summed E-state index contributed by atoms with van der Waals surface area (Å²) >= 11 is 0. The number of hydrazone groups is 1. The van der Waals surface area contributed by atoms with Gasteiger partial charge in [0.2, 0.25) is 5.91 Å². The van der Waals surface area contributed by atoms with Crippen LogP contribution in [0.2, 0.25) is 0 Å². The molecule has 29 heavy (non-hydrogen) atoms. The van der Waals surface area contributed by atoms with Crippen molar-refractivity contribution in [2.45, 2.75) is 25.4 Å². The van der Waals surface area contributed by atoms with Gasteiger partial charge in [0.15, 0.2) is 0 Å². The highest BCUT2D eigenvalue weighted by molar-refractivity contribution is 6.18. The van der Waals surface area contributed by atoms with E-state index < -0.39 is 6.10 Å². The fourth-order valence-electron chi connectivity index (χ4n) is 4.23. The SMILES string of the molecule is O=C1NN=Cc2c(-c3ccccc3)[nH]c3cc(NC(=O)[C@H]4CC[C@H](O)C4)cc1c23. The highest BCUT2D eigenvalue weighted by Crippen LogP contribution is 2.35. The van der Waals surface area contributed by atoms with Gasteiger partial charge in [0.05, 0.1) is 23.6 Å². The van der Waals surface area contributed by atoms with E-state index in [1.54, 1.807) is 12.3 Å². The Morgan fingerprint density at radius 3 is 2.76 bits per heavy atom. The Morgan fingerprint density at radius 1 is 1.17 bits per heavy atom. The number of rotatable bonds is 3. The number of aliphatic hydroxyl groups excluding tert-OH is 1. The number of carbonyl (C=O) groups excluding carboxylic acids is 2. The zero-order valence-electron chi connectivity index (χ0n) is 15.6. The maximum atomic E-state index is 12.6. The Hall–Kier alpha value is -3.45. The molecule has 4 N–H and O–H groups in total. The number of aromatic nitrogens is 1. The Labute approximate surface area is 166 Å². The molecule has 2 heterocycles. The summed E-state index contributed by atoms with van der Waals surface area (Å²) in [6, 6.07) is 13.3. The van der Waals surface area contributed by atoms with E-state index in [1.807, 2.05) is 36.4 Å². The Morgan fingerprint density at radius 2 is 2.00 bits per heavy atom. The molecule has 1 saturated carbocycles. The molecule has 1 aliphatic heterocycles. The van der Waals surface area contributed by atoms with Gasteiger partial charge in [0, 0.05) is 28.1 Å². The Kier molecular flexibility index (Phi) is 4.17. The molecule has 7 nitrogen and oxygen atoms in total. The summed E-state index contributed by atoms with van der Waals surface area (Å²) in [6.45, 7) is 0. The largest absolute Gasteiger partial charge is 0.393 e. The van der Waals surface area contributed by atoms with Crippen molar-refractivity contribution in [1.29, 1.82) is 0 Å². The summed E-state index contributed by atoms with van der Waals surface area (Å²) < 4.78 is 0. The zero-order valence-corrected chi connectivity index (χ0v) is 15.6. The lowest BCUT2D eigenvalue weighted by molar-refractivity contribution is -0.119. The van der Waals surface area contributed by atoms with E-state index in [2.05, 4.69) is 20.8 Å². The lowest BCUT2D eigenvalue weighted by atomic mass is 10.0. The maximum Gasteiger partial charge on any atom is 0.272 e. The Balaban J connectivity index is 1.60. The summed E-state index contributed by atoms with van der Waals surface area (Å²) in [5.74, 6) is -0.666. The first-order valence-corrected chi connectivity index (χ1v) is 9.67. The normalized spacial score (nSPS) is 20.5. The van der Waals surface area contributed by atoms with Gasteiger partial charge in [-0.2, -0.15) is 5.10 Å². The minimum absolute atomic E-state index is 0.131. The number of amides is 2. The number of H-pyrrole nitrogens is 1. The van der Waals surface area contributed by atoms with E-state index >= 15 is 0 Å². The zero-order chi connectivity index (χ0) is 20.0. The van der Waals surface area contributed by atoms with Crippen molar-refractivity contribution < 1.29 is 14.7 Å². The summed E-state index contributed by atoms with van der Waals surface area (Å²) in [4.78, 5) is 28.6. The average Bonchev–Trinajstić information content (AvgIpc) is 3.27. The van der Waals surface area contributed by atoms with Gasteiger partial charge in [-0.3, -0.25) is 9.59 Å². The van der Waals surface area contributed by atoms with Gasteiger partial charge in [0.1, 0.15) is 0 Å². The molecule has 3 aromatic rings. The van der Waals surface area contributed by atoms with E-state index in [0.717, 1.165) is 27.7 Å². The maximum absolute atomic E-state index is 12.6. The number of hydrogen-bond acceptors (Lipinski definition) is 4. The van der Waals surface area contributed by atoms with Gasteiger partial charge in [-0.25, -0.2) is 5.43 Å². The molecule has 2 atom stereocenters. The monoisotopic (exact) mass is 388 g/mol. The number of anilines is 1. The summed E-state index contributed by atoms with van der Waals surface area (Å²) in [5, 5.41) is 17.4. The van der Waals surface area contributed by atoms with Crippen molar-refractivity contribution >= 4 is 34.6 Å². The second-order valence-electron chi connectivity index (χ2n) is 7.58. The van der Waals surface area contributed by atoms with Crippen molar-refractivity contribution in [2.75, 3.05) is 5.32 Å². The first kappa shape index (κ1) is 17.6. The predicted molar refractivity (Wildman–Crippen MR) is 111 cm³/mol. The van der Waals surface area contributed by atoms with Gasteiger partial charge in [-0.1, -0.05) is 30.3 Å². The van der Waals surface area contributed by atoms with E-state index in [9.17, 15) is 14.7 Å². The van der Waals surface area contributed by atoms with Crippen LogP contribution >= 0.6 is 0 Å². The molecular formula is C22H20N4O3. The van der Waals surface area contributed by atoms with E-state index in [1.165, 1.54) is 0 Å². The molecule has 2 amide bonds. The van der Waals surface area contributed by atoms with Crippen LogP contribution < -0.4 is 10.7 Å². The summed E-state index contributed by atoms with van der Waals surface area (Å²) in [6.07, 6.45) is 3.01. The van der Waals surface area contributed by atoms with Crippen molar-refractivity contribution in [3.05, 3.63) is 53.6 Å². The van der Waals surface area contributed by atoms with Crippen LogP contribution in [0.1, 0.15) is 35.2 Å². The highest BCUT2D eigenvalue weighted by Gasteiger charge is 2.29. The molecule has 0 radical (unpaired) electrons. The van der Waals surface area contributed by atoms with E-state index in [4.69, 9.17) is 0 Å². The first-order chi connectivity index (χ1) is 14.1. The van der Waals surface area contributed by atoms with Crippen LogP contribution in [0.5, 0.6) is 0 Å². The third-order valence-electron chi connectivity index (χ3n) is 5.65. The first-order valence-electron chi connectivity index (χ1n) is 9.67. The molecule has 146 valence electrons. The fourth-order valence-corrected chi connectivity index (χ4v) is 4.23. The predicted octanol–water partition coefficient (Wildman–Crippen LogP) is 3.01. The van der Waals surface area contributed by atoms with Gasteiger partial charge >= 0.3 is 0 Å². The topological polar surface area (TPSA) is 107 Å². The number of aliphatic hydroxyl groups is 1. The number of hydrogen-bond donors (Lipinski definition) is 4. The standard InChI is InChI=1S/C22H20N4O3/c27-15-7-6-13(8-15)21(28)24-14-9-16-19-17(11-23-26-22(16)29)20(25-18(19)10-14)12-4-2-1-3-5-12/h1-5,9-11,13,15,25,27H,6-8H2,(H,24,28)(H,26,29)/t13-,15-/m0/s1. The van der Waals surface area contributed by atoms with Crippen molar-refractivity contribution in [3.63, 3.8) is 0 Å². The minimum Gasteiger partial charge on any atom is -0.393 e. The minimum atomic E-state index is -0.416. The molecule has 2 aliphatic rings. The van der Waals surface area contributed by atoms with Crippen LogP contribution in [0.4, 0.5) is 5.69 Å². The molecule has 0 saturated heterocycles. The lowest BCUT2D eigenvalue weighted by Gasteiger charge is -2.12. The summed E-state index contributed by atoms with van der Waals surface area (Å²) in [7, 11) is 0. The van der Waals surface area contributed by atoms with Crippen molar-refractivity contribution in [2.24, 2.45) is 11.0 Å². The van der Waals surface area contributed by atoms with Crippen molar-refractivity contribution in [1.82, 2.24) is 10.4 Å². The second kappa shape index (κ2) is 6.86. The summed E-state index contributed by atoms with van der Waals surface area (Å²) in [5.41, 5.74) is 6.96. The number of nitrogens with one attached hydrogen (secondary N) is 3. The van der Waals surface area contributed by atoms with Gasteiger partial charge in [-0.05, 0) is 37.0 Å². The molecule has 7 heteroatoms. The van der Waals surface area contributed by atoms with Crippen LogP contribution in [-0.2, 0) is 4.79 Å². The molecule has 1 aliphatic carbocycles. The second-order valence-corrected chi connectivity index (χ2v) is 7.58. The molecule has 0 bridgehead atoms. The molecular weight excluding hydrogens is 368 g/mol. The number of benzene rings is 2. The van der Waals surface area contributed by atoms with Gasteiger partial charge < -0.3 is 15.4 Å². The van der Waals surface area contributed by atoms with Crippen LogP contribution in [0.15, 0.2) is 47.6 Å². The number of nitrogens with zero attached hydrogens (tertiary/aromatic N) is 1. The Bertz CT molecular complexity index is 1150. The van der Waals surface area contributed by atoms with E-state index in [0.29, 0.717) is 30.5 Å². The lowest BCUT2D eigenvalue weighted by Crippen LogP contribution is -2.22. The third kappa shape index (κ3) is 3.09. The van der Waals surface area contributed by atoms with Crippen LogP contribution in [-0.4, -0.2) is 34.2 Å². The number of aromatic amines is 1. The van der Waals surface area contributed by atoms with Crippen molar-refractivity contribution in [3.8, 4) is 11.3 Å². The molecule has 1 aromatic heterocycles. The molecule has 1 fully saturated rings. The number of carbonyl (C=O) groups is 2. The van der Waals surface area contributed by atoms with E-state index in [-0.39, 0.29) is 17.7 Å². The van der Waals surface area contributed by atoms with Gasteiger partial charge in [-0.15, -0.1) is 0 Å². The van der Waals surface area contributed by atoms with Crippen LogP contribution in [0.3, 0.4) is 0 Å². The molecule has 5 rings (SSSR count). The fraction of sp³-hybridized carbons (Fsp3) is 0.227. The quantitative estimate of drug-likeness (QED) is 0.554. The smallest absolute Gasteiger partial charge is 0.272 e.